The van der Waals surface area contributed by atoms with Crippen molar-refractivity contribution in [2.45, 2.75) is 24.8 Å². The summed E-state index contributed by atoms with van der Waals surface area (Å²) in [7, 11) is -0.408. The molecule has 0 bridgehead atoms. The second-order valence-electron chi connectivity index (χ2n) is 7.63. The summed E-state index contributed by atoms with van der Waals surface area (Å²) in [6.45, 7) is 0. The monoisotopic (exact) mass is 465 g/mol. The van der Waals surface area contributed by atoms with Gasteiger partial charge in [0.25, 0.3) is 5.91 Å². The van der Waals surface area contributed by atoms with Crippen LogP contribution < -0.4 is 15.4 Å². The second-order valence-corrected chi connectivity index (χ2v) is 7.63. The number of carbonyl (C=O) groups excluding carboxylic acids is 2. The molecule has 10 heteroatoms. The van der Waals surface area contributed by atoms with E-state index in [1.54, 1.807) is 48.7 Å². The van der Waals surface area contributed by atoms with Crippen LogP contribution in [0.3, 0.4) is 0 Å². The van der Waals surface area contributed by atoms with Gasteiger partial charge in [-0.05, 0) is 47.9 Å². The SMILES string of the molecule is COc1cccc(C(CC(=O)N[C@@H](Cc2ccccc2F)B(O)O)NC(=O)c2cccnc2)c1. The van der Waals surface area contributed by atoms with Crippen LogP contribution >= 0.6 is 0 Å². The van der Waals surface area contributed by atoms with Crippen LogP contribution in [0.15, 0.2) is 73.1 Å². The molecule has 176 valence electrons. The lowest BCUT2D eigenvalue weighted by Crippen LogP contribution is -2.48. The highest BCUT2D eigenvalue weighted by Gasteiger charge is 2.28. The lowest BCUT2D eigenvalue weighted by atomic mass is 9.75. The molecule has 2 amide bonds. The minimum atomic E-state index is -1.91. The molecule has 0 spiro atoms. The van der Waals surface area contributed by atoms with E-state index >= 15 is 0 Å². The third kappa shape index (κ3) is 6.87. The number of pyridine rings is 1. The summed E-state index contributed by atoms with van der Waals surface area (Å²) in [5.74, 6) is -2.11. The van der Waals surface area contributed by atoms with Gasteiger partial charge in [-0.15, -0.1) is 0 Å². The van der Waals surface area contributed by atoms with E-state index < -0.39 is 36.7 Å². The van der Waals surface area contributed by atoms with Gasteiger partial charge in [0.05, 0.1) is 31.1 Å². The van der Waals surface area contributed by atoms with E-state index in [2.05, 4.69) is 15.6 Å². The van der Waals surface area contributed by atoms with Gasteiger partial charge in [0.1, 0.15) is 11.6 Å². The molecule has 8 nitrogen and oxygen atoms in total. The zero-order valence-corrected chi connectivity index (χ0v) is 18.5. The van der Waals surface area contributed by atoms with Crippen LogP contribution in [-0.2, 0) is 11.2 Å². The minimum Gasteiger partial charge on any atom is -0.497 e. The molecule has 0 fully saturated rings. The molecule has 0 aliphatic heterocycles. The van der Waals surface area contributed by atoms with Crippen LogP contribution in [0, 0.1) is 5.82 Å². The predicted octanol–water partition coefficient (Wildman–Crippen LogP) is 1.83. The van der Waals surface area contributed by atoms with Crippen molar-refractivity contribution in [3.05, 3.63) is 95.6 Å². The lowest BCUT2D eigenvalue weighted by Gasteiger charge is -2.22. The Hall–Kier alpha value is -3.76. The van der Waals surface area contributed by atoms with E-state index in [-0.39, 0.29) is 18.4 Å². The van der Waals surface area contributed by atoms with Crippen molar-refractivity contribution in [2.75, 3.05) is 7.11 Å². The van der Waals surface area contributed by atoms with Crippen molar-refractivity contribution in [3.8, 4) is 5.75 Å². The normalized spacial score (nSPS) is 12.4. The van der Waals surface area contributed by atoms with Crippen molar-refractivity contribution in [1.29, 1.82) is 0 Å². The summed E-state index contributed by atoms with van der Waals surface area (Å²) in [4.78, 5) is 29.5. The Morgan fingerprint density at radius 1 is 1.09 bits per heavy atom. The van der Waals surface area contributed by atoms with Crippen molar-refractivity contribution < 1.29 is 28.8 Å². The Bertz CT molecular complexity index is 1120. The first-order chi connectivity index (χ1) is 16.4. The highest BCUT2D eigenvalue weighted by molar-refractivity contribution is 6.43. The van der Waals surface area contributed by atoms with Crippen LogP contribution in [-0.4, -0.2) is 47.0 Å². The highest BCUT2D eigenvalue weighted by Crippen LogP contribution is 2.22. The molecule has 4 N–H and O–H groups in total. The van der Waals surface area contributed by atoms with E-state index in [1.165, 1.54) is 31.5 Å². The number of hydrogen-bond donors (Lipinski definition) is 4. The molecule has 1 aromatic heterocycles. The summed E-state index contributed by atoms with van der Waals surface area (Å²) in [6, 6.07) is 15.3. The lowest BCUT2D eigenvalue weighted by molar-refractivity contribution is -0.122. The fraction of sp³-hybridized carbons (Fsp3) is 0.208. The van der Waals surface area contributed by atoms with Gasteiger partial charge in [-0.3, -0.25) is 14.6 Å². The van der Waals surface area contributed by atoms with Crippen LogP contribution in [0.4, 0.5) is 4.39 Å². The Labute approximate surface area is 197 Å². The molecule has 3 aromatic rings. The summed E-state index contributed by atoms with van der Waals surface area (Å²) in [5, 5.41) is 24.9. The van der Waals surface area contributed by atoms with Crippen LogP contribution in [0.1, 0.15) is 33.9 Å². The van der Waals surface area contributed by atoms with E-state index in [9.17, 15) is 24.0 Å². The number of ether oxygens (including phenoxy) is 1. The van der Waals surface area contributed by atoms with Crippen molar-refractivity contribution in [2.24, 2.45) is 0 Å². The number of rotatable bonds is 10. The van der Waals surface area contributed by atoms with Crippen molar-refractivity contribution in [1.82, 2.24) is 15.6 Å². The maximum Gasteiger partial charge on any atom is 0.475 e. The maximum absolute atomic E-state index is 14.0. The largest absolute Gasteiger partial charge is 0.497 e. The fourth-order valence-electron chi connectivity index (χ4n) is 3.43. The van der Waals surface area contributed by atoms with Gasteiger partial charge in [-0.1, -0.05) is 30.3 Å². The molecule has 3 rings (SSSR count). The van der Waals surface area contributed by atoms with Gasteiger partial charge in [0.15, 0.2) is 0 Å². The zero-order chi connectivity index (χ0) is 24.5. The molecular weight excluding hydrogens is 440 g/mol. The molecule has 34 heavy (non-hydrogen) atoms. The average molecular weight is 465 g/mol. The summed E-state index contributed by atoms with van der Waals surface area (Å²) < 4.78 is 19.3. The third-order valence-corrected chi connectivity index (χ3v) is 5.22. The maximum atomic E-state index is 14.0. The molecule has 0 aliphatic rings. The number of carbonyl (C=O) groups is 2. The summed E-state index contributed by atoms with van der Waals surface area (Å²) in [5.41, 5.74) is 1.16. The highest BCUT2D eigenvalue weighted by atomic mass is 19.1. The molecule has 1 heterocycles. The van der Waals surface area contributed by atoms with Crippen molar-refractivity contribution >= 4 is 18.9 Å². The minimum absolute atomic E-state index is 0.123. The number of benzene rings is 2. The first-order valence-corrected chi connectivity index (χ1v) is 10.6. The molecule has 2 aromatic carbocycles. The molecule has 2 atom stereocenters. The molecule has 0 aliphatic carbocycles. The number of amides is 2. The van der Waals surface area contributed by atoms with Crippen LogP contribution in [0.5, 0.6) is 5.75 Å². The predicted molar refractivity (Wildman–Crippen MR) is 124 cm³/mol. The molecule has 1 unspecified atom stereocenters. The van der Waals surface area contributed by atoms with Crippen molar-refractivity contribution in [3.63, 3.8) is 0 Å². The van der Waals surface area contributed by atoms with Gasteiger partial charge in [-0.2, -0.15) is 0 Å². The van der Waals surface area contributed by atoms with E-state index in [1.807, 2.05) is 0 Å². The number of methoxy groups -OCH3 is 1. The number of nitrogens with one attached hydrogen (secondary N) is 2. The van der Waals surface area contributed by atoms with E-state index in [0.717, 1.165) is 0 Å². The third-order valence-electron chi connectivity index (χ3n) is 5.22. The zero-order valence-electron chi connectivity index (χ0n) is 18.5. The molecular formula is C24H25BFN3O5. The summed E-state index contributed by atoms with van der Waals surface area (Å²) >= 11 is 0. The number of aromatic nitrogens is 1. The Morgan fingerprint density at radius 3 is 2.56 bits per heavy atom. The Morgan fingerprint density at radius 2 is 1.88 bits per heavy atom. The van der Waals surface area contributed by atoms with Gasteiger partial charge >= 0.3 is 7.12 Å². The van der Waals surface area contributed by atoms with Gasteiger partial charge in [0, 0.05) is 12.4 Å². The molecule has 0 radical (unpaired) electrons. The summed E-state index contributed by atoms with van der Waals surface area (Å²) in [6.07, 6.45) is 2.62. The smallest absolute Gasteiger partial charge is 0.475 e. The standard InChI is InChI=1S/C24H25BFN3O5/c1-34-19-9-4-7-17(12-19)21(28-24(31)18-8-5-11-27-15-18)14-23(30)29-22(25(32)33)13-16-6-2-3-10-20(16)26/h2-12,15,21-22,32-33H,13-14H2,1H3,(H,28,31)(H,29,30)/t21?,22-/m0/s1. The molecule has 0 saturated carbocycles. The molecule has 0 saturated heterocycles. The van der Waals surface area contributed by atoms with Crippen LogP contribution in [0.25, 0.3) is 0 Å². The number of halogens is 1. The second kappa shape index (κ2) is 11.9. The fourth-order valence-corrected chi connectivity index (χ4v) is 3.43. The van der Waals surface area contributed by atoms with E-state index in [0.29, 0.717) is 16.9 Å². The Balaban J connectivity index is 1.77. The number of nitrogens with zero attached hydrogens (tertiary/aromatic N) is 1. The van der Waals surface area contributed by atoms with Crippen LogP contribution in [0.2, 0.25) is 0 Å². The number of hydrogen-bond acceptors (Lipinski definition) is 6. The van der Waals surface area contributed by atoms with Gasteiger partial charge in [-0.25, -0.2) is 4.39 Å². The first kappa shape index (κ1) is 24.9. The van der Waals surface area contributed by atoms with E-state index in [4.69, 9.17) is 4.74 Å². The topological polar surface area (TPSA) is 121 Å². The average Bonchev–Trinajstić information content (AvgIpc) is 2.85. The van der Waals surface area contributed by atoms with Gasteiger partial charge in [0.2, 0.25) is 5.91 Å². The first-order valence-electron chi connectivity index (χ1n) is 10.6. The van der Waals surface area contributed by atoms with Gasteiger partial charge < -0.3 is 25.4 Å². The quantitative estimate of drug-likeness (QED) is 0.339. The Kier molecular flexibility index (Phi) is 8.72.